The molecule has 0 radical (unpaired) electrons. The van der Waals surface area contributed by atoms with Gasteiger partial charge in [-0.25, -0.2) is 14.4 Å². The Balaban J connectivity index is 1.51. The monoisotopic (exact) mass is 579 g/mol. The number of anilines is 1. The van der Waals surface area contributed by atoms with Gasteiger partial charge in [-0.2, -0.15) is 5.26 Å². The number of aromatic nitrogens is 1. The lowest BCUT2D eigenvalue weighted by molar-refractivity contribution is -0.140. The fourth-order valence-electron chi connectivity index (χ4n) is 5.08. The predicted molar refractivity (Wildman–Crippen MR) is 161 cm³/mol. The Kier molecular flexibility index (Phi) is 9.83. The fraction of sp³-hybridized carbons (Fsp3) is 0.448. The van der Waals surface area contributed by atoms with Crippen molar-refractivity contribution in [1.29, 1.82) is 5.26 Å². The van der Waals surface area contributed by atoms with Crippen molar-refractivity contribution >= 4 is 28.3 Å². The minimum atomic E-state index is -0.341. The van der Waals surface area contributed by atoms with Gasteiger partial charge in [0.2, 0.25) is 11.9 Å². The van der Waals surface area contributed by atoms with Crippen LogP contribution < -0.4 is 15.6 Å². The number of hydrogen-bond donors (Lipinski definition) is 2. The van der Waals surface area contributed by atoms with Gasteiger partial charge < -0.3 is 20.0 Å². The molecule has 0 atom stereocenters. The number of likely N-dealkylation sites (tertiary alicyclic amines) is 2. The highest BCUT2D eigenvalue weighted by atomic mass is 32.1. The quantitative estimate of drug-likeness (QED) is 0.262. The van der Waals surface area contributed by atoms with Gasteiger partial charge >= 0.3 is 0 Å². The van der Waals surface area contributed by atoms with E-state index in [0.29, 0.717) is 27.7 Å². The molecule has 1 aromatic carbocycles. The van der Waals surface area contributed by atoms with Crippen LogP contribution in [-0.2, 0) is 4.79 Å². The Hall–Kier alpha value is -4.11. The van der Waals surface area contributed by atoms with Gasteiger partial charge in [-0.05, 0) is 49.9 Å². The average Bonchev–Trinajstić information content (AvgIpc) is 3.39. The molecule has 2 aromatic rings. The number of hydrazine groups is 1. The number of amides is 1. The molecule has 3 heterocycles. The second-order valence-corrected chi connectivity index (χ2v) is 11.0. The van der Waals surface area contributed by atoms with Crippen molar-refractivity contribution in [3.63, 3.8) is 0 Å². The molecule has 2 saturated heterocycles. The summed E-state index contributed by atoms with van der Waals surface area (Å²) in [5.41, 5.74) is 5.57. The van der Waals surface area contributed by atoms with Crippen molar-refractivity contribution in [2.75, 3.05) is 52.2 Å². The molecule has 41 heavy (non-hydrogen) atoms. The van der Waals surface area contributed by atoms with E-state index in [4.69, 9.17) is 4.98 Å². The summed E-state index contributed by atoms with van der Waals surface area (Å²) >= 11 is 1.27. The van der Waals surface area contributed by atoms with Crippen molar-refractivity contribution in [3.05, 3.63) is 59.3 Å². The Morgan fingerprint density at radius 1 is 1.24 bits per heavy atom. The number of thiazole rings is 1. The maximum absolute atomic E-state index is 13.5. The number of rotatable bonds is 9. The van der Waals surface area contributed by atoms with Gasteiger partial charge in [0.15, 0.2) is 5.13 Å². The molecular weight excluding hydrogens is 541 g/mol. The first-order chi connectivity index (χ1) is 19.8. The van der Waals surface area contributed by atoms with E-state index in [0.717, 1.165) is 62.9 Å². The molecule has 218 valence electrons. The van der Waals surface area contributed by atoms with Gasteiger partial charge in [0.05, 0.1) is 5.70 Å². The molecule has 4 rings (SSSR count). The molecule has 0 spiro atoms. The van der Waals surface area contributed by atoms with Gasteiger partial charge in [0.1, 0.15) is 28.3 Å². The van der Waals surface area contributed by atoms with E-state index >= 15 is 0 Å². The molecule has 0 unspecified atom stereocenters. The van der Waals surface area contributed by atoms with Gasteiger partial charge in [-0.1, -0.05) is 24.8 Å². The van der Waals surface area contributed by atoms with Gasteiger partial charge in [0, 0.05) is 65.0 Å². The third-order valence-electron chi connectivity index (χ3n) is 7.44. The number of carbonyl (C=O) groups is 1. The van der Waals surface area contributed by atoms with Crippen molar-refractivity contribution in [3.8, 4) is 17.3 Å². The number of hydrogen-bond acceptors (Lipinski definition) is 8. The number of halogens is 1. The van der Waals surface area contributed by atoms with E-state index in [9.17, 15) is 14.4 Å². The van der Waals surface area contributed by atoms with Crippen LogP contribution in [-0.4, -0.2) is 79.0 Å². The van der Waals surface area contributed by atoms with Crippen LogP contribution in [0.5, 0.6) is 0 Å². The predicted octanol–water partition coefficient (Wildman–Crippen LogP) is 3.94. The summed E-state index contributed by atoms with van der Waals surface area (Å²) in [5.74, 6) is 1.51. The highest BCUT2D eigenvalue weighted by Crippen LogP contribution is 2.33. The number of guanidine groups is 1. The van der Waals surface area contributed by atoms with Crippen LogP contribution in [0.25, 0.3) is 11.3 Å². The first-order valence-electron chi connectivity index (χ1n) is 13.9. The van der Waals surface area contributed by atoms with Crippen LogP contribution in [0.3, 0.4) is 0 Å². The Morgan fingerprint density at radius 2 is 1.93 bits per heavy atom. The summed E-state index contributed by atoms with van der Waals surface area (Å²) < 4.78 is 13.5. The van der Waals surface area contributed by atoms with Gasteiger partial charge in [-0.3, -0.25) is 15.2 Å². The average molecular weight is 580 g/mol. The standard InChI is InChI=1S/C29H38FN9OS/c1-6-23(26(32-3)36(4)29-34-25(24(19-31)41-29)20-9-11-22(30)12-10-20)35-37(5)28(33-7-2)39-17-13-21(14-18-39)27(40)38-15-8-16-38/h7,9-12,21,32,35H,2,6,8,13-18H2,1,3-5H3/b26-23+,33-28+. The molecule has 2 N–H and O–H groups in total. The van der Waals surface area contributed by atoms with E-state index in [2.05, 4.69) is 33.3 Å². The van der Waals surface area contributed by atoms with Gasteiger partial charge in [0.25, 0.3) is 0 Å². The third-order valence-corrected chi connectivity index (χ3v) is 8.47. The van der Waals surface area contributed by atoms with Crippen LogP contribution in [0, 0.1) is 23.1 Å². The second-order valence-electron chi connectivity index (χ2n) is 10.0. The summed E-state index contributed by atoms with van der Waals surface area (Å²) in [7, 11) is 5.63. The molecule has 0 saturated carbocycles. The summed E-state index contributed by atoms with van der Waals surface area (Å²) in [6.07, 6.45) is 4.89. The molecule has 2 aliphatic heterocycles. The topological polar surface area (TPSA) is 103 Å². The van der Waals surface area contributed by atoms with Crippen molar-refractivity contribution in [2.45, 2.75) is 32.6 Å². The molecule has 0 bridgehead atoms. The Bertz CT molecular complexity index is 1330. The number of allylic oxidation sites excluding steroid dienone is 1. The highest BCUT2D eigenvalue weighted by Gasteiger charge is 2.32. The maximum Gasteiger partial charge on any atom is 0.225 e. The summed E-state index contributed by atoms with van der Waals surface area (Å²) in [6, 6.07) is 8.21. The molecule has 1 amide bonds. The third kappa shape index (κ3) is 6.62. The SMILES string of the molecule is C=C/N=C(/N1CCC(C(=O)N2CCC2)CC1)N(C)N/C(CC)=C(\NC)N(C)c1nc(-c2ccc(F)cc2)c(C#N)s1. The van der Waals surface area contributed by atoms with E-state index in [-0.39, 0.29) is 17.6 Å². The van der Waals surface area contributed by atoms with E-state index < -0.39 is 0 Å². The number of carbonyl (C=O) groups excluding carboxylic acids is 1. The molecule has 10 nitrogen and oxygen atoms in total. The number of nitriles is 1. The molecular formula is C29H38FN9OS. The molecule has 12 heteroatoms. The zero-order chi connectivity index (χ0) is 29.5. The first kappa shape index (κ1) is 29.9. The maximum atomic E-state index is 13.5. The normalized spacial score (nSPS) is 16.3. The lowest BCUT2D eigenvalue weighted by Gasteiger charge is -2.40. The van der Waals surface area contributed by atoms with Crippen molar-refractivity contribution < 1.29 is 9.18 Å². The largest absolute Gasteiger partial charge is 0.373 e. The van der Waals surface area contributed by atoms with Crippen LogP contribution in [0.15, 0.2) is 53.6 Å². The summed E-state index contributed by atoms with van der Waals surface area (Å²) in [4.78, 5) is 28.5. The van der Waals surface area contributed by atoms with Crippen LogP contribution in [0.2, 0.25) is 0 Å². The van der Waals surface area contributed by atoms with Crippen LogP contribution in [0.4, 0.5) is 9.52 Å². The summed E-state index contributed by atoms with van der Waals surface area (Å²) in [5, 5.41) is 15.5. The number of nitrogens with zero attached hydrogens (tertiary/aromatic N) is 7. The van der Waals surface area contributed by atoms with Crippen LogP contribution in [0.1, 0.15) is 37.5 Å². The fourth-order valence-corrected chi connectivity index (χ4v) is 5.94. The minimum Gasteiger partial charge on any atom is -0.373 e. The number of piperidine rings is 1. The van der Waals surface area contributed by atoms with Gasteiger partial charge in [-0.15, -0.1) is 0 Å². The molecule has 2 fully saturated rings. The van der Waals surface area contributed by atoms with Crippen LogP contribution >= 0.6 is 11.3 Å². The molecule has 1 aromatic heterocycles. The zero-order valence-electron chi connectivity index (χ0n) is 24.2. The smallest absolute Gasteiger partial charge is 0.225 e. The first-order valence-corrected chi connectivity index (χ1v) is 14.7. The number of benzene rings is 1. The zero-order valence-corrected chi connectivity index (χ0v) is 25.0. The lowest BCUT2D eigenvalue weighted by atomic mass is 9.94. The van der Waals surface area contributed by atoms with E-state index in [1.165, 1.54) is 29.7 Å². The minimum absolute atomic E-state index is 0.0711. The van der Waals surface area contributed by atoms with E-state index in [1.807, 2.05) is 42.9 Å². The molecule has 0 aliphatic carbocycles. The van der Waals surface area contributed by atoms with E-state index in [1.54, 1.807) is 12.1 Å². The van der Waals surface area contributed by atoms with Crippen molar-refractivity contribution in [1.82, 2.24) is 30.5 Å². The Morgan fingerprint density at radius 3 is 2.46 bits per heavy atom. The highest BCUT2D eigenvalue weighted by molar-refractivity contribution is 7.16. The Labute approximate surface area is 245 Å². The second kappa shape index (κ2) is 13.5. The number of nitrogens with one attached hydrogen (secondary N) is 2. The lowest BCUT2D eigenvalue weighted by Crippen LogP contribution is -2.53. The summed E-state index contributed by atoms with van der Waals surface area (Å²) in [6.45, 7) is 9.09. The molecule has 2 aliphatic rings. The van der Waals surface area contributed by atoms with Crippen molar-refractivity contribution in [2.24, 2.45) is 10.9 Å². The number of aliphatic imine (C=N–C) groups is 1.